The van der Waals surface area contributed by atoms with Crippen molar-refractivity contribution in [1.82, 2.24) is 4.90 Å². The lowest BCUT2D eigenvalue weighted by Gasteiger charge is -2.37. The molecule has 1 aliphatic heterocycles. The van der Waals surface area contributed by atoms with Crippen LogP contribution in [0.15, 0.2) is 24.3 Å². The van der Waals surface area contributed by atoms with Gasteiger partial charge in [0.15, 0.2) is 0 Å². The Morgan fingerprint density at radius 1 is 1.19 bits per heavy atom. The Hall–Kier alpha value is -2.04. The zero-order chi connectivity index (χ0) is 14.8. The maximum Gasteiger partial charge on any atom is 0.322 e. The van der Waals surface area contributed by atoms with Gasteiger partial charge in [0.25, 0.3) is 0 Å². The van der Waals surface area contributed by atoms with Gasteiger partial charge in [-0.25, -0.2) is 4.79 Å². The number of hydrogen-bond acceptors (Lipinski definition) is 2. The zero-order valence-corrected chi connectivity index (χ0v) is 12.0. The largest absolute Gasteiger partial charge is 0.366 e. The lowest BCUT2D eigenvalue weighted by molar-refractivity contribution is 0.1000. The summed E-state index contributed by atoms with van der Waals surface area (Å²) < 4.78 is 0. The van der Waals surface area contributed by atoms with Gasteiger partial charge in [-0.3, -0.25) is 4.79 Å². The number of carbonyl (C=O) groups is 2. The number of likely N-dealkylation sites (tertiary alicyclic amines) is 1. The van der Waals surface area contributed by atoms with E-state index in [1.807, 2.05) is 4.90 Å². The lowest BCUT2D eigenvalue weighted by Crippen LogP contribution is -2.48. The third-order valence-electron chi connectivity index (χ3n) is 4.65. The molecule has 2 aliphatic rings. The molecule has 1 aromatic rings. The van der Waals surface area contributed by atoms with E-state index < -0.39 is 5.91 Å². The van der Waals surface area contributed by atoms with Crippen LogP contribution in [0.1, 0.15) is 42.5 Å². The number of anilines is 1. The van der Waals surface area contributed by atoms with Crippen molar-refractivity contribution in [2.75, 3.05) is 11.9 Å². The number of hydrogen-bond donors (Lipinski definition) is 2. The molecule has 0 radical (unpaired) electrons. The Kier molecular flexibility index (Phi) is 3.82. The van der Waals surface area contributed by atoms with Gasteiger partial charge in [0.05, 0.1) is 0 Å². The predicted octanol–water partition coefficient (Wildman–Crippen LogP) is 2.58. The Balaban J connectivity index is 1.71. The molecule has 21 heavy (non-hydrogen) atoms. The van der Waals surface area contributed by atoms with Crippen molar-refractivity contribution in [3.05, 3.63) is 29.8 Å². The van der Waals surface area contributed by atoms with Crippen molar-refractivity contribution in [3.8, 4) is 0 Å². The van der Waals surface area contributed by atoms with E-state index in [2.05, 4.69) is 5.32 Å². The van der Waals surface area contributed by atoms with Gasteiger partial charge in [-0.1, -0.05) is 12.5 Å². The summed E-state index contributed by atoms with van der Waals surface area (Å²) in [6, 6.07) is 7.10. The van der Waals surface area contributed by atoms with Crippen LogP contribution < -0.4 is 11.1 Å². The summed E-state index contributed by atoms with van der Waals surface area (Å²) in [6.07, 6.45) is 5.89. The van der Waals surface area contributed by atoms with Gasteiger partial charge in [-0.2, -0.15) is 0 Å². The Bertz CT molecular complexity index is 558. The Morgan fingerprint density at radius 3 is 2.81 bits per heavy atom. The first-order valence-corrected chi connectivity index (χ1v) is 7.62. The molecule has 1 saturated carbocycles. The van der Waals surface area contributed by atoms with Gasteiger partial charge in [0, 0.05) is 23.8 Å². The fourth-order valence-corrected chi connectivity index (χ4v) is 3.65. The van der Waals surface area contributed by atoms with E-state index in [-0.39, 0.29) is 6.03 Å². The summed E-state index contributed by atoms with van der Waals surface area (Å²) in [7, 11) is 0. The van der Waals surface area contributed by atoms with Gasteiger partial charge < -0.3 is 16.0 Å². The van der Waals surface area contributed by atoms with Gasteiger partial charge in [0.2, 0.25) is 5.91 Å². The molecule has 0 aromatic heterocycles. The smallest absolute Gasteiger partial charge is 0.322 e. The first kappa shape index (κ1) is 13.9. The summed E-state index contributed by atoms with van der Waals surface area (Å²) in [5, 5.41) is 2.90. The molecule has 0 spiro atoms. The van der Waals surface area contributed by atoms with Gasteiger partial charge in [-0.05, 0) is 49.8 Å². The number of fused-ring (bicyclic) bond motifs is 1. The predicted molar refractivity (Wildman–Crippen MR) is 81.0 cm³/mol. The monoisotopic (exact) mass is 287 g/mol. The molecule has 2 fully saturated rings. The van der Waals surface area contributed by atoms with Crippen LogP contribution >= 0.6 is 0 Å². The molecule has 1 heterocycles. The van der Waals surface area contributed by atoms with Crippen LogP contribution in [0.4, 0.5) is 10.5 Å². The number of primary amides is 1. The first-order chi connectivity index (χ1) is 10.1. The average molecular weight is 287 g/mol. The SMILES string of the molecule is NC(=O)c1cccc(NC(=O)N2CCC[C@H]3CCC[C@H]32)c1. The summed E-state index contributed by atoms with van der Waals surface area (Å²) in [5.41, 5.74) is 6.29. The van der Waals surface area contributed by atoms with Crippen LogP contribution in [0.5, 0.6) is 0 Å². The topological polar surface area (TPSA) is 75.4 Å². The van der Waals surface area contributed by atoms with Crippen LogP contribution in [-0.2, 0) is 0 Å². The highest BCUT2D eigenvalue weighted by molar-refractivity contribution is 5.96. The second kappa shape index (κ2) is 5.76. The standard InChI is InChI=1S/C16H21N3O2/c17-15(20)12-5-1-7-13(10-12)18-16(21)19-9-3-6-11-4-2-8-14(11)19/h1,5,7,10-11,14H,2-4,6,8-9H2,(H2,17,20)(H,18,21)/t11-,14-/m1/s1. The maximum absolute atomic E-state index is 12.5. The molecule has 2 atom stereocenters. The highest BCUT2D eigenvalue weighted by Crippen LogP contribution is 2.36. The number of nitrogens with zero attached hydrogens (tertiary/aromatic N) is 1. The highest BCUT2D eigenvalue weighted by Gasteiger charge is 2.37. The molecule has 3 amide bonds. The fourth-order valence-electron chi connectivity index (χ4n) is 3.65. The van der Waals surface area contributed by atoms with Crippen molar-refractivity contribution in [1.29, 1.82) is 0 Å². The normalized spacial score (nSPS) is 24.5. The summed E-state index contributed by atoms with van der Waals surface area (Å²) >= 11 is 0. The number of nitrogens with one attached hydrogen (secondary N) is 1. The minimum Gasteiger partial charge on any atom is -0.366 e. The van der Waals surface area contributed by atoms with Crippen molar-refractivity contribution in [2.45, 2.75) is 38.1 Å². The van der Waals surface area contributed by atoms with Crippen molar-refractivity contribution in [2.24, 2.45) is 11.7 Å². The van der Waals surface area contributed by atoms with E-state index >= 15 is 0 Å². The summed E-state index contributed by atoms with van der Waals surface area (Å²) in [6.45, 7) is 0.822. The summed E-state index contributed by atoms with van der Waals surface area (Å²) in [4.78, 5) is 25.6. The quantitative estimate of drug-likeness (QED) is 0.877. The molecule has 5 heteroatoms. The second-order valence-corrected chi connectivity index (χ2v) is 5.97. The number of amides is 3. The molecular weight excluding hydrogens is 266 g/mol. The van der Waals surface area contributed by atoms with Crippen molar-refractivity contribution >= 4 is 17.6 Å². The maximum atomic E-state index is 12.5. The van der Waals surface area contributed by atoms with Gasteiger partial charge >= 0.3 is 6.03 Å². The third kappa shape index (κ3) is 2.86. The van der Waals surface area contributed by atoms with Crippen LogP contribution in [0, 0.1) is 5.92 Å². The van der Waals surface area contributed by atoms with E-state index in [1.54, 1.807) is 24.3 Å². The second-order valence-electron chi connectivity index (χ2n) is 5.97. The lowest BCUT2D eigenvalue weighted by atomic mass is 9.92. The molecule has 3 rings (SSSR count). The van der Waals surface area contributed by atoms with E-state index in [4.69, 9.17) is 5.73 Å². The number of benzene rings is 1. The molecule has 1 aromatic carbocycles. The summed E-state index contributed by atoms with van der Waals surface area (Å²) in [5.74, 6) is 0.182. The molecule has 1 aliphatic carbocycles. The first-order valence-electron chi connectivity index (χ1n) is 7.62. The minimum atomic E-state index is -0.486. The molecule has 5 nitrogen and oxygen atoms in total. The number of rotatable bonds is 2. The Morgan fingerprint density at radius 2 is 2.00 bits per heavy atom. The van der Waals surface area contributed by atoms with Crippen LogP contribution in [0.25, 0.3) is 0 Å². The molecule has 0 bridgehead atoms. The Labute approximate surface area is 124 Å². The highest BCUT2D eigenvalue weighted by atomic mass is 16.2. The number of piperidine rings is 1. The molecule has 0 unspecified atom stereocenters. The third-order valence-corrected chi connectivity index (χ3v) is 4.65. The van der Waals surface area contributed by atoms with E-state index in [1.165, 1.54) is 19.3 Å². The molecule has 3 N–H and O–H groups in total. The van der Waals surface area contributed by atoms with E-state index in [9.17, 15) is 9.59 Å². The van der Waals surface area contributed by atoms with Gasteiger partial charge in [0.1, 0.15) is 0 Å². The molecular formula is C16H21N3O2. The van der Waals surface area contributed by atoms with Crippen molar-refractivity contribution in [3.63, 3.8) is 0 Å². The van der Waals surface area contributed by atoms with Crippen molar-refractivity contribution < 1.29 is 9.59 Å². The van der Waals surface area contributed by atoms with E-state index in [0.717, 1.165) is 19.4 Å². The van der Waals surface area contributed by atoms with Crippen LogP contribution in [-0.4, -0.2) is 29.4 Å². The number of urea groups is 1. The van der Waals surface area contributed by atoms with Gasteiger partial charge in [-0.15, -0.1) is 0 Å². The zero-order valence-electron chi connectivity index (χ0n) is 12.0. The average Bonchev–Trinajstić information content (AvgIpc) is 2.95. The molecule has 112 valence electrons. The fraction of sp³-hybridized carbons (Fsp3) is 0.500. The van der Waals surface area contributed by atoms with Crippen LogP contribution in [0.3, 0.4) is 0 Å². The van der Waals surface area contributed by atoms with Crippen LogP contribution in [0.2, 0.25) is 0 Å². The molecule has 1 saturated heterocycles. The van der Waals surface area contributed by atoms with E-state index in [0.29, 0.717) is 23.2 Å². The number of carbonyl (C=O) groups excluding carboxylic acids is 2. The minimum absolute atomic E-state index is 0.0618. The number of nitrogens with two attached hydrogens (primary N) is 1.